The topological polar surface area (TPSA) is 50.6 Å². The minimum absolute atomic E-state index is 0.0208. The van der Waals surface area contributed by atoms with Crippen molar-refractivity contribution in [2.24, 2.45) is 0 Å². The van der Waals surface area contributed by atoms with Crippen LogP contribution in [0.25, 0.3) is 16.9 Å². The van der Waals surface area contributed by atoms with Crippen LogP contribution in [0.2, 0.25) is 0 Å². The average molecular weight is 453 g/mol. The lowest BCUT2D eigenvalue weighted by molar-refractivity contribution is 0.0785. The molecule has 5 rings (SSSR count). The number of carbonyl (C=O) groups excluding carboxylic acids is 1. The van der Waals surface area contributed by atoms with Crippen LogP contribution in [0.15, 0.2) is 91.1 Å². The van der Waals surface area contributed by atoms with Gasteiger partial charge in [-0.1, -0.05) is 48.5 Å². The van der Waals surface area contributed by atoms with Gasteiger partial charge in [0.2, 0.25) is 0 Å². The highest BCUT2D eigenvalue weighted by Gasteiger charge is 2.15. The van der Waals surface area contributed by atoms with Crippen molar-refractivity contribution < 1.29 is 9.53 Å². The van der Waals surface area contributed by atoms with E-state index in [4.69, 9.17) is 4.74 Å². The number of carbonyl (C=O) groups is 1. The van der Waals surface area contributed by atoms with Crippen LogP contribution in [0, 0.1) is 0 Å². The molecule has 0 radical (unpaired) electrons. The van der Waals surface area contributed by atoms with Crippen molar-refractivity contribution in [1.82, 2.24) is 14.7 Å². The fraction of sp³-hybridized carbons (Fsp3) is 0.214. The van der Waals surface area contributed by atoms with Crippen LogP contribution >= 0.6 is 0 Å². The molecule has 0 bridgehead atoms. The number of rotatable bonds is 6. The average Bonchev–Trinajstić information content (AvgIpc) is 3.40. The monoisotopic (exact) mass is 452 g/mol. The highest BCUT2D eigenvalue weighted by molar-refractivity contribution is 5.94. The van der Waals surface area contributed by atoms with Gasteiger partial charge in [0.05, 0.1) is 30.8 Å². The Bertz CT molecular complexity index is 1240. The largest absolute Gasteiger partial charge is 0.378 e. The molecule has 0 spiro atoms. The van der Waals surface area contributed by atoms with E-state index in [0.29, 0.717) is 12.1 Å². The van der Waals surface area contributed by atoms with Gasteiger partial charge in [-0.05, 0) is 42.0 Å². The van der Waals surface area contributed by atoms with Crippen molar-refractivity contribution in [2.75, 3.05) is 38.3 Å². The molecule has 0 saturated carbocycles. The third-order valence-corrected chi connectivity index (χ3v) is 6.13. The summed E-state index contributed by atoms with van der Waals surface area (Å²) in [5, 5.41) is 4.50. The van der Waals surface area contributed by atoms with Gasteiger partial charge >= 0.3 is 0 Å². The molecule has 0 atom stereocenters. The molecule has 1 fully saturated rings. The smallest absolute Gasteiger partial charge is 0.253 e. The minimum atomic E-state index is -0.0208. The van der Waals surface area contributed by atoms with E-state index in [1.54, 1.807) is 11.1 Å². The van der Waals surface area contributed by atoms with Crippen LogP contribution in [0.5, 0.6) is 0 Å². The fourth-order valence-corrected chi connectivity index (χ4v) is 4.31. The van der Waals surface area contributed by atoms with Crippen LogP contribution in [0.4, 0.5) is 5.69 Å². The van der Waals surface area contributed by atoms with Crippen molar-refractivity contribution in [1.29, 1.82) is 0 Å². The van der Waals surface area contributed by atoms with Crippen LogP contribution in [-0.2, 0) is 11.3 Å². The van der Waals surface area contributed by atoms with Gasteiger partial charge in [-0.25, -0.2) is 4.68 Å². The van der Waals surface area contributed by atoms with Gasteiger partial charge in [0.25, 0.3) is 5.91 Å². The van der Waals surface area contributed by atoms with Crippen LogP contribution < -0.4 is 4.90 Å². The summed E-state index contributed by atoms with van der Waals surface area (Å²) >= 11 is 0. The van der Waals surface area contributed by atoms with Crippen molar-refractivity contribution >= 4 is 11.6 Å². The summed E-state index contributed by atoms with van der Waals surface area (Å²) < 4.78 is 7.31. The summed E-state index contributed by atoms with van der Waals surface area (Å²) in [5.74, 6) is -0.0208. The molecular formula is C28H28N4O2. The SMILES string of the molecule is CN(Cc1ccc(N2CCOCC2)cc1)C(=O)c1cccc(-n2nccc2-c2ccccc2)c1. The number of hydrogen-bond acceptors (Lipinski definition) is 4. The maximum Gasteiger partial charge on any atom is 0.253 e. The Kier molecular flexibility index (Phi) is 6.40. The minimum Gasteiger partial charge on any atom is -0.378 e. The molecule has 6 nitrogen and oxygen atoms in total. The summed E-state index contributed by atoms with van der Waals surface area (Å²) in [6, 6.07) is 28.2. The Hall–Kier alpha value is -3.90. The predicted molar refractivity (Wildman–Crippen MR) is 134 cm³/mol. The van der Waals surface area contributed by atoms with E-state index < -0.39 is 0 Å². The summed E-state index contributed by atoms with van der Waals surface area (Å²) in [5.41, 5.74) is 5.86. The maximum absolute atomic E-state index is 13.2. The molecule has 0 N–H and O–H groups in total. The Morgan fingerprint density at radius 1 is 0.912 bits per heavy atom. The molecule has 2 heterocycles. The molecule has 1 amide bonds. The molecular weight excluding hydrogens is 424 g/mol. The van der Waals surface area contributed by atoms with E-state index in [1.165, 1.54) is 5.69 Å². The normalized spacial score (nSPS) is 13.6. The number of anilines is 1. The van der Waals surface area contributed by atoms with Gasteiger partial charge in [0, 0.05) is 43.5 Å². The number of benzene rings is 3. The third-order valence-electron chi connectivity index (χ3n) is 6.13. The van der Waals surface area contributed by atoms with Gasteiger partial charge < -0.3 is 14.5 Å². The Morgan fingerprint density at radius 3 is 2.44 bits per heavy atom. The molecule has 1 saturated heterocycles. The van der Waals surface area contributed by atoms with Crippen molar-refractivity contribution in [3.8, 4) is 16.9 Å². The zero-order chi connectivity index (χ0) is 23.3. The Morgan fingerprint density at radius 2 is 1.68 bits per heavy atom. The van der Waals surface area contributed by atoms with Crippen molar-refractivity contribution in [3.63, 3.8) is 0 Å². The van der Waals surface area contributed by atoms with E-state index in [2.05, 4.69) is 46.4 Å². The van der Waals surface area contributed by atoms with Crippen molar-refractivity contribution in [2.45, 2.75) is 6.54 Å². The van der Waals surface area contributed by atoms with E-state index in [-0.39, 0.29) is 5.91 Å². The second kappa shape index (κ2) is 9.93. The first-order chi connectivity index (χ1) is 16.7. The zero-order valence-electron chi connectivity index (χ0n) is 19.3. The number of nitrogens with zero attached hydrogens (tertiary/aromatic N) is 4. The maximum atomic E-state index is 13.2. The molecule has 3 aromatic carbocycles. The van der Waals surface area contributed by atoms with Crippen LogP contribution in [-0.4, -0.2) is 53.9 Å². The number of hydrogen-bond donors (Lipinski definition) is 0. The zero-order valence-corrected chi connectivity index (χ0v) is 19.3. The lowest BCUT2D eigenvalue weighted by atomic mass is 10.1. The third kappa shape index (κ3) is 4.72. The van der Waals surface area contributed by atoms with E-state index in [1.807, 2.05) is 60.3 Å². The Balaban J connectivity index is 1.30. The molecule has 1 aliphatic rings. The summed E-state index contributed by atoms with van der Waals surface area (Å²) in [7, 11) is 1.84. The molecule has 1 aromatic heterocycles. The highest BCUT2D eigenvalue weighted by Crippen LogP contribution is 2.23. The molecule has 4 aromatic rings. The van der Waals surface area contributed by atoms with Crippen molar-refractivity contribution in [3.05, 3.63) is 102 Å². The summed E-state index contributed by atoms with van der Waals surface area (Å²) in [6.07, 6.45) is 1.78. The van der Waals surface area contributed by atoms with Gasteiger partial charge in [0.15, 0.2) is 0 Å². The molecule has 0 aliphatic carbocycles. The second-order valence-corrected chi connectivity index (χ2v) is 8.47. The quantitative estimate of drug-likeness (QED) is 0.427. The lowest BCUT2D eigenvalue weighted by Gasteiger charge is -2.29. The van der Waals surface area contributed by atoms with E-state index >= 15 is 0 Å². The second-order valence-electron chi connectivity index (χ2n) is 8.47. The molecule has 1 aliphatic heterocycles. The van der Waals surface area contributed by atoms with Crippen LogP contribution in [0.3, 0.4) is 0 Å². The first kappa shape index (κ1) is 21.9. The first-order valence-electron chi connectivity index (χ1n) is 11.6. The fourth-order valence-electron chi connectivity index (χ4n) is 4.31. The molecule has 172 valence electrons. The molecule has 0 unspecified atom stereocenters. The number of ether oxygens (including phenoxy) is 1. The van der Waals surface area contributed by atoms with Gasteiger partial charge in [-0.3, -0.25) is 4.79 Å². The predicted octanol–water partition coefficient (Wildman–Crippen LogP) is 4.65. The highest BCUT2D eigenvalue weighted by atomic mass is 16.5. The van der Waals surface area contributed by atoms with E-state index in [0.717, 1.165) is 48.8 Å². The van der Waals surface area contributed by atoms with Gasteiger partial charge in [-0.2, -0.15) is 5.10 Å². The number of morpholine rings is 1. The lowest BCUT2D eigenvalue weighted by Crippen LogP contribution is -2.36. The molecule has 34 heavy (non-hydrogen) atoms. The van der Waals surface area contributed by atoms with Crippen LogP contribution in [0.1, 0.15) is 15.9 Å². The van der Waals surface area contributed by atoms with E-state index in [9.17, 15) is 4.79 Å². The summed E-state index contributed by atoms with van der Waals surface area (Å²) in [6.45, 7) is 3.91. The van der Waals surface area contributed by atoms with Gasteiger partial charge in [0.1, 0.15) is 0 Å². The molecule has 6 heteroatoms. The number of aromatic nitrogens is 2. The standard InChI is InChI=1S/C28H28N4O2/c1-30(21-22-10-12-25(13-11-22)31-16-18-34-19-17-31)28(33)24-8-5-9-26(20-24)32-27(14-15-29-32)23-6-3-2-4-7-23/h2-15,20H,16-19,21H2,1H3. The Labute approximate surface area is 200 Å². The summed E-state index contributed by atoms with van der Waals surface area (Å²) in [4.78, 5) is 17.3. The number of amides is 1. The van der Waals surface area contributed by atoms with Gasteiger partial charge in [-0.15, -0.1) is 0 Å². The first-order valence-corrected chi connectivity index (χ1v) is 11.6.